The summed E-state index contributed by atoms with van der Waals surface area (Å²) in [5.41, 5.74) is 2.43. The molecule has 1 atom stereocenters. The summed E-state index contributed by atoms with van der Waals surface area (Å²) in [6, 6.07) is 13.5. The summed E-state index contributed by atoms with van der Waals surface area (Å²) in [5, 5.41) is 0. The summed E-state index contributed by atoms with van der Waals surface area (Å²) in [5.74, 6) is 0.664. The number of ether oxygens (including phenoxy) is 1. The zero-order chi connectivity index (χ0) is 19.5. The number of hydrogen-bond acceptors (Lipinski definition) is 3. The number of rotatable bonds is 7. The van der Waals surface area contributed by atoms with Crippen LogP contribution in [0.15, 0.2) is 47.4 Å². The van der Waals surface area contributed by atoms with Gasteiger partial charge in [-0.05, 0) is 61.4 Å². The molecule has 5 heteroatoms. The summed E-state index contributed by atoms with van der Waals surface area (Å²) < 4.78 is 34.0. The van der Waals surface area contributed by atoms with Crippen LogP contribution in [-0.2, 0) is 15.4 Å². The fourth-order valence-corrected chi connectivity index (χ4v) is 5.29. The first-order chi connectivity index (χ1) is 12.1. The molecule has 2 aromatic rings. The van der Waals surface area contributed by atoms with Crippen LogP contribution in [0.2, 0.25) is 0 Å². The number of aryl methyl sites for hydroxylation is 2. The highest BCUT2D eigenvalue weighted by atomic mass is 32.2. The van der Waals surface area contributed by atoms with E-state index < -0.39 is 10.0 Å². The van der Waals surface area contributed by atoms with Crippen molar-refractivity contribution < 1.29 is 13.2 Å². The average Bonchev–Trinajstić information content (AvgIpc) is 2.53. The van der Waals surface area contributed by atoms with Crippen molar-refractivity contribution >= 4 is 10.0 Å². The van der Waals surface area contributed by atoms with Crippen LogP contribution in [0.3, 0.4) is 0 Å². The lowest BCUT2D eigenvalue weighted by Gasteiger charge is -2.29. The average molecular weight is 376 g/mol. The minimum absolute atomic E-state index is 0.132. The number of benzene rings is 2. The van der Waals surface area contributed by atoms with E-state index in [-0.39, 0.29) is 11.5 Å². The molecule has 4 nitrogen and oxygen atoms in total. The Morgan fingerprint density at radius 1 is 1.08 bits per heavy atom. The molecule has 0 aromatic heterocycles. The molecule has 0 aliphatic heterocycles. The van der Waals surface area contributed by atoms with E-state index in [2.05, 4.69) is 30.7 Å². The molecular weight excluding hydrogens is 346 g/mol. The van der Waals surface area contributed by atoms with Gasteiger partial charge in [0.15, 0.2) is 0 Å². The van der Waals surface area contributed by atoms with Gasteiger partial charge in [-0.15, -0.1) is 0 Å². The summed E-state index contributed by atoms with van der Waals surface area (Å²) >= 11 is 0. The highest BCUT2D eigenvalue weighted by Crippen LogP contribution is 2.30. The first-order valence-corrected chi connectivity index (χ1v) is 10.3. The fourth-order valence-electron chi connectivity index (χ4n) is 3.59. The zero-order valence-electron chi connectivity index (χ0n) is 16.5. The summed E-state index contributed by atoms with van der Waals surface area (Å²) in [6.07, 6.45) is 0.699. The smallest absolute Gasteiger partial charge is 0.241 e. The van der Waals surface area contributed by atoms with E-state index in [4.69, 9.17) is 4.74 Å². The van der Waals surface area contributed by atoms with Gasteiger partial charge in [0, 0.05) is 6.04 Å². The van der Waals surface area contributed by atoms with Gasteiger partial charge in [-0.3, -0.25) is 0 Å². The molecule has 0 spiro atoms. The van der Waals surface area contributed by atoms with E-state index in [0.29, 0.717) is 28.2 Å². The lowest BCUT2D eigenvalue weighted by atomic mass is 9.79. The second-order valence-corrected chi connectivity index (χ2v) is 9.22. The summed E-state index contributed by atoms with van der Waals surface area (Å²) in [7, 11) is -2.03. The van der Waals surface area contributed by atoms with Gasteiger partial charge in [-0.2, -0.15) is 0 Å². The molecule has 0 saturated heterocycles. The predicted molar refractivity (Wildman–Crippen MR) is 106 cm³/mol. The molecule has 1 N–H and O–H groups in total. The zero-order valence-corrected chi connectivity index (χ0v) is 17.3. The van der Waals surface area contributed by atoms with Crippen molar-refractivity contribution in [2.45, 2.75) is 57.4 Å². The molecule has 0 heterocycles. The van der Waals surface area contributed by atoms with Gasteiger partial charge in [-0.25, -0.2) is 13.1 Å². The third-order valence-corrected chi connectivity index (χ3v) is 6.56. The minimum atomic E-state index is -3.61. The van der Waals surface area contributed by atoms with Crippen LogP contribution < -0.4 is 9.46 Å². The van der Waals surface area contributed by atoms with Gasteiger partial charge in [0.25, 0.3) is 0 Å². The largest absolute Gasteiger partial charge is 0.497 e. The molecule has 0 amide bonds. The second-order valence-electron chi connectivity index (χ2n) is 7.57. The first kappa shape index (κ1) is 20.5. The van der Waals surface area contributed by atoms with E-state index in [1.54, 1.807) is 33.1 Å². The molecule has 0 bridgehead atoms. The summed E-state index contributed by atoms with van der Waals surface area (Å²) in [4.78, 5) is 0.336. The first-order valence-electron chi connectivity index (χ1n) is 8.80. The molecule has 1 unspecified atom stereocenters. The van der Waals surface area contributed by atoms with Crippen LogP contribution in [0.4, 0.5) is 0 Å². The van der Waals surface area contributed by atoms with E-state index in [0.717, 1.165) is 0 Å². The number of hydrogen-bond donors (Lipinski definition) is 1. The van der Waals surface area contributed by atoms with Crippen LogP contribution in [0.1, 0.15) is 43.9 Å². The van der Waals surface area contributed by atoms with E-state index in [1.807, 2.05) is 25.1 Å². The standard InChI is InChI=1S/C21H29NO3S/c1-15-12-19(25-6)13-16(2)20(15)26(23,24)22-17(3)14-21(4,5)18-10-8-7-9-11-18/h7-13,17,22H,14H2,1-6H3. The lowest BCUT2D eigenvalue weighted by molar-refractivity contribution is 0.413. The summed E-state index contributed by atoms with van der Waals surface area (Å²) in [6.45, 7) is 9.77. The van der Waals surface area contributed by atoms with Crippen LogP contribution in [-0.4, -0.2) is 21.6 Å². The number of methoxy groups -OCH3 is 1. The molecular formula is C21H29NO3S. The molecule has 0 aliphatic rings. The van der Waals surface area contributed by atoms with Crippen LogP contribution in [0.25, 0.3) is 0 Å². The Balaban J connectivity index is 2.22. The van der Waals surface area contributed by atoms with Gasteiger partial charge < -0.3 is 4.74 Å². The minimum Gasteiger partial charge on any atom is -0.497 e. The Kier molecular flexibility index (Phi) is 6.14. The third-order valence-electron chi connectivity index (χ3n) is 4.67. The molecule has 26 heavy (non-hydrogen) atoms. The van der Waals surface area contributed by atoms with Crippen molar-refractivity contribution in [2.24, 2.45) is 0 Å². The van der Waals surface area contributed by atoms with Gasteiger partial charge in [-0.1, -0.05) is 44.2 Å². The normalized spacial score (nSPS) is 13.5. The maximum Gasteiger partial charge on any atom is 0.241 e. The molecule has 0 radical (unpaired) electrons. The SMILES string of the molecule is COc1cc(C)c(S(=O)(=O)NC(C)CC(C)(C)c2ccccc2)c(C)c1. The molecule has 0 saturated carbocycles. The number of nitrogens with one attached hydrogen (secondary N) is 1. The third kappa shape index (κ3) is 4.65. The fraction of sp³-hybridized carbons (Fsp3) is 0.429. The Morgan fingerprint density at radius 2 is 1.62 bits per heavy atom. The molecule has 0 aliphatic carbocycles. The number of sulfonamides is 1. The maximum atomic E-state index is 13.0. The van der Waals surface area contributed by atoms with Crippen LogP contribution in [0, 0.1) is 13.8 Å². The van der Waals surface area contributed by atoms with Crippen molar-refractivity contribution in [1.82, 2.24) is 4.72 Å². The Hall–Kier alpha value is -1.85. The van der Waals surface area contributed by atoms with Crippen molar-refractivity contribution in [1.29, 1.82) is 0 Å². The molecule has 142 valence electrons. The Morgan fingerprint density at radius 3 is 2.12 bits per heavy atom. The van der Waals surface area contributed by atoms with Crippen molar-refractivity contribution in [3.8, 4) is 5.75 Å². The van der Waals surface area contributed by atoms with Gasteiger partial charge >= 0.3 is 0 Å². The van der Waals surface area contributed by atoms with Crippen molar-refractivity contribution in [3.63, 3.8) is 0 Å². The Labute approximate surface area is 157 Å². The Bertz CT molecular complexity index is 835. The highest BCUT2D eigenvalue weighted by Gasteiger charge is 2.27. The highest BCUT2D eigenvalue weighted by molar-refractivity contribution is 7.89. The maximum absolute atomic E-state index is 13.0. The topological polar surface area (TPSA) is 55.4 Å². The molecule has 0 fully saturated rings. The molecule has 2 aromatic carbocycles. The second kappa shape index (κ2) is 7.80. The van der Waals surface area contributed by atoms with Gasteiger partial charge in [0.2, 0.25) is 10.0 Å². The quantitative estimate of drug-likeness (QED) is 0.783. The lowest BCUT2D eigenvalue weighted by Crippen LogP contribution is -2.37. The van der Waals surface area contributed by atoms with E-state index in [9.17, 15) is 8.42 Å². The van der Waals surface area contributed by atoms with Gasteiger partial charge in [0.05, 0.1) is 12.0 Å². The predicted octanol–water partition coefficient (Wildman–Crippen LogP) is 4.35. The van der Waals surface area contributed by atoms with Crippen molar-refractivity contribution in [3.05, 3.63) is 59.2 Å². The van der Waals surface area contributed by atoms with E-state index in [1.165, 1.54) is 5.56 Å². The van der Waals surface area contributed by atoms with Crippen LogP contribution >= 0.6 is 0 Å². The van der Waals surface area contributed by atoms with Crippen molar-refractivity contribution in [2.75, 3.05) is 7.11 Å². The van der Waals surface area contributed by atoms with E-state index >= 15 is 0 Å². The monoisotopic (exact) mass is 375 g/mol. The molecule has 2 rings (SSSR count). The van der Waals surface area contributed by atoms with Crippen LogP contribution in [0.5, 0.6) is 5.75 Å². The van der Waals surface area contributed by atoms with Gasteiger partial charge in [0.1, 0.15) is 5.75 Å².